The van der Waals surface area contributed by atoms with Crippen LogP contribution in [0.15, 0.2) is 29.3 Å². The number of aliphatic imine (C=N–C) groups is 1. The number of rotatable bonds is 9. The van der Waals surface area contributed by atoms with Crippen LogP contribution in [-0.4, -0.2) is 57.1 Å². The predicted molar refractivity (Wildman–Crippen MR) is 103 cm³/mol. The maximum Gasteiger partial charge on any atom is 0.243 e. The minimum Gasteiger partial charge on any atom is -0.493 e. The first-order chi connectivity index (χ1) is 11.9. The van der Waals surface area contributed by atoms with Gasteiger partial charge in [-0.25, -0.2) is 4.99 Å². The molecule has 1 rings (SSSR count). The summed E-state index contributed by atoms with van der Waals surface area (Å²) in [6.07, 6.45) is 0.872. The molecular formula is C19H32N4O2. The van der Waals surface area contributed by atoms with Gasteiger partial charge in [-0.1, -0.05) is 26.0 Å². The van der Waals surface area contributed by atoms with Crippen molar-refractivity contribution >= 4 is 11.9 Å². The summed E-state index contributed by atoms with van der Waals surface area (Å²) < 4.78 is 5.69. The van der Waals surface area contributed by atoms with Gasteiger partial charge >= 0.3 is 0 Å². The average molecular weight is 348 g/mol. The average Bonchev–Trinajstić information content (AvgIpc) is 2.58. The molecule has 140 valence electrons. The Balaban J connectivity index is 2.44. The second-order valence-electron chi connectivity index (χ2n) is 6.51. The molecule has 0 aliphatic carbocycles. The zero-order valence-electron chi connectivity index (χ0n) is 16.1. The molecule has 1 aromatic rings. The number of nitrogens with one attached hydrogen (secondary N) is 2. The lowest BCUT2D eigenvalue weighted by Gasteiger charge is -2.13. The van der Waals surface area contributed by atoms with E-state index in [4.69, 9.17) is 4.74 Å². The van der Waals surface area contributed by atoms with Gasteiger partial charge in [0.15, 0.2) is 5.96 Å². The van der Waals surface area contributed by atoms with Crippen LogP contribution in [0.5, 0.6) is 5.75 Å². The van der Waals surface area contributed by atoms with Crippen LogP contribution in [0, 0.1) is 5.92 Å². The van der Waals surface area contributed by atoms with Crippen LogP contribution in [0.1, 0.15) is 26.3 Å². The second kappa shape index (κ2) is 11.3. The van der Waals surface area contributed by atoms with Gasteiger partial charge in [-0.2, -0.15) is 0 Å². The van der Waals surface area contributed by atoms with Crippen molar-refractivity contribution in [3.63, 3.8) is 0 Å². The highest BCUT2D eigenvalue weighted by molar-refractivity contribution is 5.84. The van der Waals surface area contributed by atoms with Crippen LogP contribution >= 0.6 is 0 Å². The standard InChI is InChI=1S/C19H32N4O2/c1-6-20-19(22-13-18(24)23(4)5)21-12-11-16-7-9-17(10-8-16)25-14-15(2)3/h7-10,15H,6,11-14H2,1-5H3,(H2,20,21,22). The molecular weight excluding hydrogens is 316 g/mol. The van der Waals surface area contributed by atoms with Gasteiger partial charge in [0.05, 0.1) is 6.61 Å². The van der Waals surface area contributed by atoms with Gasteiger partial charge in [-0.3, -0.25) is 4.79 Å². The van der Waals surface area contributed by atoms with Crippen molar-refractivity contribution in [3.8, 4) is 5.75 Å². The largest absolute Gasteiger partial charge is 0.493 e. The highest BCUT2D eigenvalue weighted by Gasteiger charge is 2.04. The molecule has 0 saturated carbocycles. The second-order valence-corrected chi connectivity index (χ2v) is 6.51. The Bertz CT molecular complexity index is 539. The van der Waals surface area contributed by atoms with E-state index in [0.29, 0.717) is 11.9 Å². The quantitative estimate of drug-likeness (QED) is 0.528. The molecule has 0 fully saturated rings. The molecule has 2 N–H and O–H groups in total. The molecule has 0 bridgehead atoms. The van der Waals surface area contributed by atoms with Gasteiger partial charge in [0.2, 0.25) is 5.91 Å². The van der Waals surface area contributed by atoms with Crippen LogP contribution in [0.2, 0.25) is 0 Å². The smallest absolute Gasteiger partial charge is 0.243 e. The van der Waals surface area contributed by atoms with Gasteiger partial charge in [-0.15, -0.1) is 0 Å². The molecule has 0 saturated heterocycles. The molecule has 0 aliphatic rings. The van der Waals surface area contributed by atoms with Crippen molar-refractivity contribution in [2.75, 3.05) is 40.3 Å². The first kappa shape index (κ1) is 20.8. The molecule has 0 heterocycles. The van der Waals surface area contributed by atoms with E-state index in [0.717, 1.165) is 31.9 Å². The number of hydrogen-bond acceptors (Lipinski definition) is 3. The molecule has 0 spiro atoms. The lowest BCUT2D eigenvalue weighted by atomic mass is 10.1. The Morgan fingerprint density at radius 2 is 1.88 bits per heavy atom. The monoisotopic (exact) mass is 348 g/mol. The van der Waals surface area contributed by atoms with Gasteiger partial charge in [0.1, 0.15) is 12.3 Å². The molecule has 0 unspecified atom stereocenters. The van der Waals surface area contributed by atoms with Gasteiger partial charge in [0.25, 0.3) is 0 Å². The summed E-state index contributed by atoms with van der Waals surface area (Å²) in [5.74, 6) is 2.07. The summed E-state index contributed by atoms with van der Waals surface area (Å²) in [5.41, 5.74) is 1.23. The van der Waals surface area contributed by atoms with E-state index in [-0.39, 0.29) is 12.5 Å². The van der Waals surface area contributed by atoms with Crippen molar-refractivity contribution in [3.05, 3.63) is 29.8 Å². The van der Waals surface area contributed by atoms with Gasteiger partial charge in [0, 0.05) is 27.2 Å². The molecule has 0 radical (unpaired) electrons. The third kappa shape index (κ3) is 8.98. The van der Waals surface area contributed by atoms with Gasteiger partial charge in [-0.05, 0) is 37.0 Å². The zero-order valence-corrected chi connectivity index (χ0v) is 16.1. The normalized spacial score (nSPS) is 11.4. The topological polar surface area (TPSA) is 66.0 Å². The highest BCUT2D eigenvalue weighted by atomic mass is 16.5. The van der Waals surface area contributed by atoms with E-state index >= 15 is 0 Å². The number of carbonyl (C=O) groups excluding carboxylic acids is 1. The van der Waals surface area contributed by atoms with Crippen molar-refractivity contribution in [1.29, 1.82) is 0 Å². The minimum atomic E-state index is -0.0193. The van der Waals surface area contributed by atoms with E-state index < -0.39 is 0 Å². The number of benzene rings is 1. The summed E-state index contributed by atoms with van der Waals surface area (Å²) in [7, 11) is 3.46. The summed E-state index contributed by atoms with van der Waals surface area (Å²) in [5, 5.41) is 6.40. The summed E-state index contributed by atoms with van der Waals surface area (Å²) >= 11 is 0. The van der Waals surface area contributed by atoms with Crippen molar-refractivity contribution < 1.29 is 9.53 Å². The molecule has 0 atom stereocenters. The molecule has 1 aromatic carbocycles. The number of amides is 1. The third-order valence-corrected chi connectivity index (χ3v) is 3.43. The molecule has 6 heteroatoms. The fourth-order valence-electron chi connectivity index (χ4n) is 1.97. The molecule has 1 amide bonds. The number of hydrogen-bond donors (Lipinski definition) is 2. The number of ether oxygens (including phenoxy) is 1. The Hall–Kier alpha value is -2.24. The Morgan fingerprint density at radius 1 is 1.20 bits per heavy atom. The number of likely N-dealkylation sites (N-methyl/N-ethyl adjacent to an activating group) is 1. The van der Waals surface area contributed by atoms with E-state index in [1.807, 2.05) is 19.1 Å². The molecule has 6 nitrogen and oxygen atoms in total. The fourth-order valence-corrected chi connectivity index (χ4v) is 1.97. The fraction of sp³-hybridized carbons (Fsp3) is 0.579. The van der Waals surface area contributed by atoms with Crippen molar-refractivity contribution in [2.24, 2.45) is 10.9 Å². The van der Waals surface area contributed by atoms with E-state index in [1.165, 1.54) is 10.5 Å². The van der Waals surface area contributed by atoms with E-state index in [1.54, 1.807) is 14.1 Å². The Labute approximate surface area is 151 Å². The van der Waals surface area contributed by atoms with Crippen molar-refractivity contribution in [1.82, 2.24) is 15.5 Å². The maximum atomic E-state index is 11.6. The van der Waals surface area contributed by atoms with Crippen molar-refractivity contribution in [2.45, 2.75) is 27.2 Å². The van der Waals surface area contributed by atoms with E-state index in [2.05, 4.69) is 41.6 Å². The third-order valence-electron chi connectivity index (χ3n) is 3.43. The van der Waals surface area contributed by atoms with Crippen LogP contribution in [-0.2, 0) is 11.2 Å². The van der Waals surface area contributed by atoms with Crippen LogP contribution in [0.4, 0.5) is 0 Å². The van der Waals surface area contributed by atoms with Crippen LogP contribution in [0.25, 0.3) is 0 Å². The SMILES string of the molecule is CCNC(=NCC(=O)N(C)C)NCCc1ccc(OCC(C)C)cc1. The maximum absolute atomic E-state index is 11.6. The molecule has 0 aromatic heterocycles. The zero-order chi connectivity index (χ0) is 18.7. The highest BCUT2D eigenvalue weighted by Crippen LogP contribution is 2.13. The van der Waals surface area contributed by atoms with Gasteiger partial charge < -0.3 is 20.3 Å². The Kier molecular flexibility index (Phi) is 9.43. The summed E-state index contributed by atoms with van der Waals surface area (Å²) in [4.78, 5) is 17.5. The number of guanidine groups is 1. The minimum absolute atomic E-state index is 0.0193. The lowest BCUT2D eigenvalue weighted by Crippen LogP contribution is -2.39. The first-order valence-electron chi connectivity index (χ1n) is 8.86. The predicted octanol–water partition coefficient (Wildman–Crippen LogP) is 1.91. The van der Waals surface area contributed by atoms with Crippen LogP contribution < -0.4 is 15.4 Å². The Morgan fingerprint density at radius 3 is 2.44 bits per heavy atom. The molecule has 25 heavy (non-hydrogen) atoms. The first-order valence-corrected chi connectivity index (χ1v) is 8.86. The lowest BCUT2D eigenvalue weighted by molar-refractivity contribution is -0.127. The molecule has 0 aliphatic heterocycles. The summed E-state index contributed by atoms with van der Waals surface area (Å²) in [6.45, 7) is 8.64. The summed E-state index contributed by atoms with van der Waals surface area (Å²) in [6, 6.07) is 8.17. The number of carbonyl (C=O) groups is 1. The van der Waals surface area contributed by atoms with E-state index in [9.17, 15) is 4.79 Å². The van der Waals surface area contributed by atoms with Crippen LogP contribution in [0.3, 0.4) is 0 Å². The number of nitrogens with zero attached hydrogens (tertiary/aromatic N) is 2.